The molecule has 0 unspecified atom stereocenters. The van der Waals surface area contributed by atoms with E-state index in [1.807, 2.05) is 25.4 Å². The molecule has 2 N–H and O–H groups in total. The molecular formula is C29H35ClN4O3SSi. The van der Waals surface area contributed by atoms with Gasteiger partial charge in [-0.2, -0.15) is 0 Å². The fourth-order valence-electron chi connectivity index (χ4n) is 4.89. The number of rotatable bonds is 11. The average Bonchev–Trinajstić information content (AvgIpc) is 2.92. The third kappa shape index (κ3) is 6.39. The van der Waals surface area contributed by atoms with Crippen molar-refractivity contribution in [3.63, 3.8) is 0 Å². The predicted octanol–water partition coefficient (Wildman–Crippen LogP) is 4.63. The lowest BCUT2D eigenvalue weighted by Crippen LogP contribution is -2.66. The summed E-state index contributed by atoms with van der Waals surface area (Å²) in [7, 11) is -0.742. The summed E-state index contributed by atoms with van der Waals surface area (Å²) >= 11 is 7.58. The van der Waals surface area contributed by atoms with Crippen LogP contribution >= 0.6 is 23.4 Å². The Morgan fingerprint density at radius 2 is 1.67 bits per heavy atom. The van der Waals surface area contributed by atoms with Gasteiger partial charge < -0.3 is 19.5 Å². The molecular weight excluding hydrogens is 548 g/mol. The Hall–Kier alpha value is -2.69. The average molecular weight is 583 g/mol. The number of H-pyrrole nitrogens is 1. The van der Waals surface area contributed by atoms with Crippen molar-refractivity contribution in [3.8, 4) is 5.88 Å². The number of ether oxygens (including phenoxy) is 1. The number of thioether (sulfide) groups is 1. The number of pyridine rings is 1. The number of aromatic amines is 1. The zero-order valence-corrected chi connectivity index (χ0v) is 25.5. The summed E-state index contributed by atoms with van der Waals surface area (Å²) in [6, 6.07) is 22.7. The summed E-state index contributed by atoms with van der Waals surface area (Å²) < 4.78 is 13.1. The monoisotopic (exact) mass is 582 g/mol. The van der Waals surface area contributed by atoms with Gasteiger partial charge in [0.25, 0.3) is 13.9 Å². The van der Waals surface area contributed by atoms with Gasteiger partial charge in [0.2, 0.25) is 5.88 Å². The number of halogens is 1. The van der Waals surface area contributed by atoms with Gasteiger partial charge in [-0.25, -0.2) is 9.97 Å². The Kier molecular flexibility index (Phi) is 9.50. The van der Waals surface area contributed by atoms with Crippen molar-refractivity contribution in [1.29, 1.82) is 0 Å². The second-order valence-electron chi connectivity index (χ2n) is 10.3. The number of nitrogens with one attached hydrogen (secondary N) is 2. The maximum Gasteiger partial charge on any atom is 0.264 e. The quantitative estimate of drug-likeness (QED) is 0.115. The normalized spacial score (nSPS) is 13.0. The molecule has 0 aliphatic heterocycles. The lowest BCUT2D eigenvalue weighted by Gasteiger charge is -2.43. The van der Waals surface area contributed by atoms with Crippen molar-refractivity contribution in [1.82, 2.24) is 20.3 Å². The number of fused-ring (bicyclic) bond motifs is 1. The minimum absolute atomic E-state index is 0.0449. The minimum atomic E-state index is -2.63. The number of aromatic nitrogens is 3. The van der Waals surface area contributed by atoms with Crippen molar-refractivity contribution < 1.29 is 9.16 Å². The van der Waals surface area contributed by atoms with Crippen LogP contribution in [-0.2, 0) is 4.43 Å². The smallest absolute Gasteiger partial charge is 0.264 e. The van der Waals surface area contributed by atoms with Crippen molar-refractivity contribution >= 4 is 53.0 Å². The van der Waals surface area contributed by atoms with Gasteiger partial charge in [0.1, 0.15) is 17.1 Å². The highest BCUT2D eigenvalue weighted by Crippen LogP contribution is 2.36. The molecule has 0 bridgehead atoms. The van der Waals surface area contributed by atoms with Gasteiger partial charge in [-0.1, -0.05) is 105 Å². The van der Waals surface area contributed by atoms with E-state index in [-0.39, 0.29) is 39.7 Å². The van der Waals surface area contributed by atoms with Crippen LogP contribution in [-0.4, -0.2) is 55.8 Å². The van der Waals surface area contributed by atoms with Crippen LogP contribution in [0, 0.1) is 0 Å². The van der Waals surface area contributed by atoms with Crippen molar-refractivity contribution in [2.45, 2.75) is 43.4 Å². The number of benzene rings is 2. The number of likely N-dealkylation sites (N-methyl/N-ethyl adjacent to an activating group) is 1. The maximum absolute atomic E-state index is 12.7. The Balaban J connectivity index is 1.55. The van der Waals surface area contributed by atoms with Crippen LogP contribution in [0.4, 0.5) is 0 Å². The van der Waals surface area contributed by atoms with E-state index in [0.717, 1.165) is 0 Å². The van der Waals surface area contributed by atoms with Crippen molar-refractivity contribution in [3.05, 3.63) is 82.2 Å². The van der Waals surface area contributed by atoms with E-state index in [0.29, 0.717) is 23.7 Å². The Morgan fingerprint density at radius 1 is 1.05 bits per heavy atom. The molecule has 10 heteroatoms. The highest BCUT2D eigenvalue weighted by atomic mass is 35.5. The van der Waals surface area contributed by atoms with Crippen LogP contribution in [0.2, 0.25) is 10.2 Å². The molecule has 2 aromatic carbocycles. The predicted molar refractivity (Wildman–Crippen MR) is 163 cm³/mol. The molecule has 2 heterocycles. The summed E-state index contributed by atoms with van der Waals surface area (Å²) in [4.78, 5) is 24.2. The lowest BCUT2D eigenvalue weighted by molar-refractivity contribution is 0.220. The van der Waals surface area contributed by atoms with E-state index in [4.69, 9.17) is 20.8 Å². The van der Waals surface area contributed by atoms with Gasteiger partial charge in [0.05, 0.1) is 5.52 Å². The van der Waals surface area contributed by atoms with E-state index in [1.165, 1.54) is 22.1 Å². The topological polar surface area (TPSA) is 89.1 Å². The van der Waals surface area contributed by atoms with Crippen molar-refractivity contribution in [2.24, 2.45) is 0 Å². The first-order chi connectivity index (χ1) is 18.7. The molecule has 0 saturated heterocycles. The van der Waals surface area contributed by atoms with Gasteiger partial charge in [-0.15, -0.1) is 0 Å². The maximum atomic E-state index is 12.7. The van der Waals surface area contributed by atoms with Crippen molar-refractivity contribution in [2.75, 3.05) is 26.5 Å². The highest BCUT2D eigenvalue weighted by molar-refractivity contribution is 7.98. The molecule has 4 rings (SSSR count). The van der Waals surface area contributed by atoms with E-state index < -0.39 is 8.32 Å². The first-order valence-electron chi connectivity index (χ1n) is 12.9. The molecule has 39 heavy (non-hydrogen) atoms. The third-order valence-corrected chi connectivity index (χ3v) is 12.6. The Morgan fingerprint density at radius 3 is 2.21 bits per heavy atom. The van der Waals surface area contributed by atoms with E-state index in [9.17, 15) is 4.79 Å². The van der Waals surface area contributed by atoms with E-state index >= 15 is 0 Å². The van der Waals surface area contributed by atoms with Crippen LogP contribution < -0.4 is 26.0 Å². The largest absolute Gasteiger partial charge is 0.475 e. The van der Waals surface area contributed by atoms with Gasteiger partial charge in [0, 0.05) is 18.7 Å². The van der Waals surface area contributed by atoms with Crippen LogP contribution in [0.15, 0.2) is 76.7 Å². The minimum Gasteiger partial charge on any atom is -0.475 e. The summed E-state index contributed by atoms with van der Waals surface area (Å²) in [6.45, 7) is 7.61. The van der Waals surface area contributed by atoms with Gasteiger partial charge >= 0.3 is 0 Å². The fraction of sp³-hybridized carbons (Fsp3) is 0.345. The zero-order valence-electron chi connectivity index (χ0n) is 23.0. The first kappa shape index (κ1) is 29.3. The molecule has 0 fully saturated rings. The molecule has 0 saturated carbocycles. The third-order valence-electron chi connectivity index (χ3n) is 6.83. The SMILES string of the molecule is CN[C@@H](CCO[Si](c1ccccc1)(c1ccccc1)C(C)(C)C)COc1nc(Cl)cc2nc(SC)[nH]c(=O)c12. The van der Waals surface area contributed by atoms with Crippen LogP contribution in [0.1, 0.15) is 27.2 Å². The van der Waals surface area contributed by atoms with Crippen LogP contribution in [0.5, 0.6) is 5.88 Å². The molecule has 0 spiro atoms. The highest BCUT2D eigenvalue weighted by Gasteiger charge is 2.50. The summed E-state index contributed by atoms with van der Waals surface area (Å²) in [5.41, 5.74) is 0.147. The zero-order chi connectivity index (χ0) is 28.0. The molecule has 1 atom stereocenters. The van der Waals surface area contributed by atoms with Gasteiger partial charge in [-0.05, 0) is 35.1 Å². The number of hydrogen-bond acceptors (Lipinski definition) is 7. The van der Waals surface area contributed by atoms with Crippen LogP contribution in [0.25, 0.3) is 10.9 Å². The molecule has 206 valence electrons. The molecule has 0 radical (unpaired) electrons. The molecule has 2 aromatic heterocycles. The van der Waals surface area contributed by atoms with Crippen LogP contribution in [0.3, 0.4) is 0 Å². The summed E-state index contributed by atoms with van der Waals surface area (Å²) in [5, 5.41) is 6.72. The summed E-state index contributed by atoms with van der Waals surface area (Å²) in [6.07, 6.45) is 2.54. The molecule has 4 aromatic rings. The van der Waals surface area contributed by atoms with E-state index in [2.05, 4.69) is 89.6 Å². The lowest BCUT2D eigenvalue weighted by atomic mass is 10.2. The second kappa shape index (κ2) is 12.7. The first-order valence-corrected chi connectivity index (χ1v) is 16.4. The van der Waals surface area contributed by atoms with Gasteiger partial charge in [-0.3, -0.25) is 4.79 Å². The Bertz CT molecular complexity index is 1410. The Labute approximate surface area is 239 Å². The van der Waals surface area contributed by atoms with E-state index in [1.54, 1.807) is 6.07 Å². The molecule has 0 aliphatic carbocycles. The number of nitrogens with zero attached hydrogens (tertiary/aromatic N) is 2. The van der Waals surface area contributed by atoms with Gasteiger partial charge in [0.15, 0.2) is 5.16 Å². The fourth-order valence-corrected chi connectivity index (χ4v) is 10.0. The molecule has 0 amide bonds. The molecule has 7 nitrogen and oxygen atoms in total. The number of hydrogen-bond donors (Lipinski definition) is 2. The standard InChI is InChI=1S/C29H35ClN4O3SSi/c1-29(2,3)39(21-12-8-6-9-13-21,22-14-10-7-11-15-22)37-17-16-20(31-4)19-36-27-25-23(18-24(30)33-27)32-28(38-5)34-26(25)35/h6-15,18,20,31H,16-17,19H2,1-5H3,(H,32,34,35)/t20-/m0/s1. The second-order valence-corrected chi connectivity index (χ2v) is 15.8. The molecule has 0 aliphatic rings. The summed E-state index contributed by atoms with van der Waals surface area (Å²) in [5.74, 6) is 0.173.